The fourth-order valence-electron chi connectivity index (χ4n) is 3.76. The number of rotatable bonds is 5. The molecular weight excluding hydrogens is 363 g/mol. The molecule has 0 amide bonds. The van der Waals surface area contributed by atoms with Crippen molar-refractivity contribution >= 4 is 30.5 Å². The van der Waals surface area contributed by atoms with Gasteiger partial charge in [-0.3, -0.25) is 0 Å². The van der Waals surface area contributed by atoms with E-state index in [1.54, 1.807) is 0 Å². The molecule has 1 heterocycles. The van der Waals surface area contributed by atoms with Crippen LogP contribution < -0.4 is 10.4 Å². The van der Waals surface area contributed by atoms with Crippen LogP contribution in [0, 0.1) is 0 Å². The van der Waals surface area contributed by atoms with Crippen molar-refractivity contribution in [2.75, 3.05) is 12.4 Å². The summed E-state index contributed by atoms with van der Waals surface area (Å²) in [6.07, 6.45) is -2.11. The average molecular weight is 391 g/mol. The SMILES string of the molecule is CC(C)(C)[Si](OC[C@@H]1SC[C@@H](O)[C@H]1F)(c1ccccc1)c1ccccc1. The normalized spacial score (nSPS) is 24.0. The molecule has 0 radical (unpaired) electrons. The molecule has 2 aromatic carbocycles. The van der Waals surface area contributed by atoms with Crippen molar-refractivity contribution in [1.29, 1.82) is 0 Å². The number of hydrogen-bond donors (Lipinski definition) is 1. The highest BCUT2D eigenvalue weighted by Crippen LogP contribution is 2.38. The standard InChI is InChI=1S/C21H27FO2SSi/c1-21(2,3)26(16-10-6-4-7-11-16,17-12-8-5-9-13-17)24-14-19-20(22)18(23)15-25-19/h4-13,18-20,23H,14-15H2,1-3H3/t18-,19+,20-/m1/s1. The minimum atomic E-state index is -2.63. The lowest BCUT2D eigenvalue weighted by Gasteiger charge is -2.43. The number of benzene rings is 2. The summed E-state index contributed by atoms with van der Waals surface area (Å²) in [5.41, 5.74) is 0. The minimum Gasteiger partial charge on any atom is -0.406 e. The van der Waals surface area contributed by atoms with Gasteiger partial charge in [-0.05, 0) is 15.4 Å². The van der Waals surface area contributed by atoms with Crippen molar-refractivity contribution in [3.8, 4) is 0 Å². The quantitative estimate of drug-likeness (QED) is 0.794. The third-order valence-corrected chi connectivity index (χ3v) is 11.4. The Morgan fingerprint density at radius 1 is 1.04 bits per heavy atom. The Labute approximate surface area is 160 Å². The second-order valence-electron chi connectivity index (χ2n) is 7.86. The molecule has 0 unspecified atom stereocenters. The van der Waals surface area contributed by atoms with Crippen LogP contribution in [-0.2, 0) is 4.43 Å². The number of thioether (sulfide) groups is 1. The molecule has 1 saturated heterocycles. The van der Waals surface area contributed by atoms with Gasteiger partial charge in [0.1, 0.15) is 6.17 Å². The highest BCUT2D eigenvalue weighted by atomic mass is 32.2. The van der Waals surface area contributed by atoms with Gasteiger partial charge in [-0.25, -0.2) is 4.39 Å². The zero-order chi connectivity index (χ0) is 18.8. The maximum Gasteiger partial charge on any atom is 0.261 e. The van der Waals surface area contributed by atoms with Crippen LogP contribution in [0.5, 0.6) is 0 Å². The summed E-state index contributed by atoms with van der Waals surface area (Å²) in [5.74, 6) is 0.440. The topological polar surface area (TPSA) is 29.5 Å². The molecule has 0 saturated carbocycles. The highest BCUT2D eigenvalue weighted by Gasteiger charge is 2.51. The predicted octanol–water partition coefficient (Wildman–Crippen LogP) is 3.38. The lowest BCUT2D eigenvalue weighted by Crippen LogP contribution is -2.67. The van der Waals surface area contributed by atoms with Crippen molar-refractivity contribution in [1.82, 2.24) is 0 Å². The smallest absolute Gasteiger partial charge is 0.261 e. The maximum absolute atomic E-state index is 14.3. The first-order valence-electron chi connectivity index (χ1n) is 9.05. The van der Waals surface area contributed by atoms with Gasteiger partial charge in [-0.1, -0.05) is 81.4 Å². The molecule has 1 fully saturated rings. The van der Waals surface area contributed by atoms with Gasteiger partial charge >= 0.3 is 0 Å². The number of hydrogen-bond acceptors (Lipinski definition) is 3. The largest absolute Gasteiger partial charge is 0.406 e. The molecule has 1 N–H and O–H groups in total. The Morgan fingerprint density at radius 2 is 1.54 bits per heavy atom. The van der Waals surface area contributed by atoms with Crippen molar-refractivity contribution in [2.24, 2.45) is 0 Å². The van der Waals surface area contributed by atoms with Gasteiger partial charge in [-0.2, -0.15) is 11.8 Å². The fraction of sp³-hybridized carbons (Fsp3) is 0.429. The van der Waals surface area contributed by atoms with Gasteiger partial charge in [0.2, 0.25) is 0 Å². The van der Waals surface area contributed by atoms with E-state index in [4.69, 9.17) is 4.43 Å². The third kappa shape index (κ3) is 3.63. The number of halogens is 1. The second kappa shape index (κ2) is 7.85. The van der Waals surface area contributed by atoms with Gasteiger partial charge in [0.15, 0.2) is 0 Å². The molecule has 2 nitrogen and oxygen atoms in total. The number of alkyl halides is 1. The van der Waals surface area contributed by atoms with Crippen molar-refractivity contribution in [2.45, 2.75) is 43.3 Å². The van der Waals surface area contributed by atoms with Crippen molar-refractivity contribution in [3.63, 3.8) is 0 Å². The van der Waals surface area contributed by atoms with E-state index in [2.05, 4.69) is 45.0 Å². The Hall–Kier alpha value is -1.14. The van der Waals surface area contributed by atoms with E-state index >= 15 is 0 Å². The maximum atomic E-state index is 14.3. The molecular formula is C21H27FO2SSi. The van der Waals surface area contributed by atoms with E-state index in [1.807, 2.05) is 36.4 Å². The van der Waals surface area contributed by atoms with E-state index in [0.29, 0.717) is 12.4 Å². The van der Waals surface area contributed by atoms with Crippen molar-refractivity contribution in [3.05, 3.63) is 60.7 Å². The summed E-state index contributed by atoms with van der Waals surface area (Å²) in [4.78, 5) is 0. The summed E-state index contributed by atoms with van der Waals surface area (Å²) in [7, 11) is -2.63. The predicted molar refractivity (Wildman–Crippen MR) is 111 cm³/mol. The Bertz CT molecular complexity index is 665. The summed E-state index contributed by atoms with van der Waals surface area (Å²) in [5, 5.41) is 11.7. The lowest BCUT2D eigenvalue weighted by molar-refractivity contribution is 0.0944. The molecule has 1 aliphatic rings. The van der Waals surface area contributed by atoms with E-state index in [0.717, 1.165) is 0 Å². The lowest BCUT2D eigenvalue weighted by atomic mass is 10.2. The first kappa shape index (κ1) is 19.6. The first-order valence-corrected chi connectivity index (χ1v) is 12.0. The molecule has 0 spiro atoms. The highest BCUT2D eigenvalue weighted by molar-refractivity contribution is 8.00. The van der Waals surface area contributed by atoms with Crippen LogP contribution >= 0.6 is 11.8 Å². The molecule has 2 aromatic rings. The molecule has 3 rings (SSSR count). The van der Waals surface area contributed by atoms with Gasteiger partial charge < -0.3 is 9.53 Å². The minimum absolute atomic E-state index is 0.122. The molecule has 140 valence electrons. The van der Waals surface area contributed by atoms with Gasteiger partial charge in [-0.15, -0.1) is 0 Å². The third-order valence-electron chi connectivity index (χ3n) is 5.08. The zero-order valence-corrected chi connectivity index (χ0v) is 17.4. The average Bonchev–Trinajstić information content (AvgIpc) is 2.95. The van der Waals surface area contributed by atoms with Crippen LogP contribution in [0.15, 0.2) is 60.7 Å². The van der Waals surface area contributed by atoms with E-state index in [9.17, 15) is 9.50 Å². The molecule has 0 aromatic heterocycles. The Kier molecular flexibility index (Phi) is 5.92. The Morgan fingerprint density at radius 3 is 1.92 bits per heavy atom. The Balaban J connectivity index is 2.03. The summed E-state index contributed by atoms with van der Waals surface area (Å²) in [6.45, 7) is 6.95. The van der Waals surface area contributed by atoms with Crippen LogP contribution in [0.25, 0.3) is 0 Å². The van der Waals surface area contributed by atoms with E-state index in [-0.39, 0.29) is 10.3 Å². The molecule has 3 atom stereocenters. The van der Waals surface area contributed by atoms with Crippen LogP contribution in [0.4, 0.5) is 4.39 Å². The van der Waals surface area contributed by atoms with Gasteiger partial charge in [0.25, 0.3) is 8.32 Å². The molecule has 26 heavy (non-hydrogen) atoms. The molecule has 5 heteroatoms. The van der Waals surface area contributed by atoms with Crippen LogP contribution in [-0.4, -0.2) is 43.3 Å². The van der Waals surface area contributed by atoms with Crippen molar-refractivity contribution < 1.29 is 13.9 Å². The van der Waals surface area contributed by atoms with Crippen LogP contribution in [0.2, 0.25) is 5.04 Å². The molecule has 0 bridgehead atoms. The van der Waals surface area contributed by atoms with Crippen LogP contribution in [0.3, 0.4) is 0 Å². The molecule has 1 aliphatic heterocycles. The fourth-order valence-corrected chi connectivity index (χ4v) is 9.63. The summed E-state index contributed by atoms with van der Waals surface area (Å²) in [6, 6.07) is 20.7. The van der Waals surface area contributed by atoms with Crippen LogP contribution in [0.1, 0.15) is 20.8 Å². The first-order chi connectivity index (χ1) is 12.4. The number of aliphatic hydroxyl groups excluding tert-OH is 1. The summed E-state index contributed by atoms with van der Waals surface area (Å²) >= 11 is 1.47. The second-order valence-corrected chi connectivity index (χ2v) is 13.4. The summed E-state index contributed by atoms with van der Waals surface area (Å²) < 4.78 is 21.1. The number of aliphatic hydroxyl groups is 1. The monoisotopic (exact) mass is 390 g/mol. The van der Waals surface area contributed by atoms with Gasteiger partial charge in [0.05, 0.1) is 11.4 Å². The van der Waals surface area contributed by atoms with E-state index < -0.39 is 20.6 Å². The van der Waals surface area contributed by atoms with Gasteiger partial charge in [0, 0.05) is 12.4 Å². The molecule has 0 aliphatic carbocycles. The van der Waals surface area contributed by atoms with E-state index in [1.165, 1.54) is 22.1 Å². The zero-order valence-electron chi connectivity index (χ0n) is 15.6.